The molecule has 0 saturated carbocycles. The van der Waals surface area contributed by atoms with Crippen molar-refractivity contribution in [3.63, 3.8) is 0 Å². The van der Waals surface area contributed by atoms with Crippen molar-refractivity contribution in [1.82, 2.24) is 4.98 Å². The van der Waals surface area contributed by atoms with Gasteiger partial charge in [0.05, 0.1) is 11.6 Å². The summed E-state index contributed by atoms with van der Waals surface area (Å²) in [5.41, 5.74) is 2.68. The van der Waals surface area contributed by atoms with E-state index in [9.17, 15) is 5.11 Å². The number of hydrogen-bond donors (Lipinski definition) is 1. The molecule has 0 spiro atoms. The van der Waals surface area contributed by atoms with Crippen molar-refractivity contribution in [2.75, 3.05) is 7.11 Å². The van der Waals surface area contributed by atoms with E-state index in [0.717, 1.165) is 22.2 Å². The third kappa shape index (κ3) is 3.00. The van der Waals surface area contributed by atoms with Gasteiger partial charge >= 0.3 is 0 Å². The van der Waals surface area contributed by atoms with Crippen molar-refractivity contribution in [1.29, 1.82) is 0 Å². The molecule has 0 saturated heterocycles. The number of fused-ring (bicyclic) bond motifs is 1. The molecular weight excluding hydrogens is 250 g/mol. The summed E-state index contributed by atoms with van der Waals surface area (Å²) >= 11 is 0. The van der Waals surface area contributed by atoms with Crippen molar-refractivity contribution in [2.45, 2.75) is 39.9 Å². The quantitative estimate of drug-likeness (QED) is 0.928. The van der Waals surface area contributed by atoms with Crippen molar-refractivity contribution in [3.05, 3.63) is 41.6 Å². The SMILES string of the molecule is COC(C(O)c1ccc2nc(C)ccc2c1)C(C)(C)C. The summed E-state index contributed by atoms with van der Waals surface area (Å²) in [6.45, 7) is 8.17. The Bertz CT molecular complexity index is 601. The number of aliphatic hydroxyl groups is 1. The lowest BCUT2D eigenvalue weighted by Gasteiger charge is -2.33. The maximum absolute atomic E-state index is 10.6. The molecule has 1 heterocycles. The molecule has 0 aliphatic rings. The first kappa shape index (κ1) is 14.9. The molecule has 0 fully saturated rings. The largest absolute Gasteiger partial charge is 0.386 e. The molecule has 2 atom stereocenters. The van der Waals surface area contributed by atoms with Gasteiger partial charge in [0.15, 0.2) is 0 Å². The smallest absolute Gasteiger partial charge is 0.106 e. The minimum atomic E-state index is -0.647. The second kappa shape index (κ2) is 5.51. The third-order valence-electron chi connectivity index (χ3n) is 3.59. The first-order valence-corrected chi connectivity index (χ1v) is 6.91. The molecule has 0 radical (unpaired) electrons. The number of aromatic nitrogens is 1. The van der Waals surface area contributed by atoms with E-state index in [1.54, 1.807) is 7.11 Å². The second-order valence-electron chi connectivity index (χ2n) is 6.37. The fourth-order valence-corrected chi connectivity index (χ4v) is 2.56. The number of aliphatic hydroxyl groups excluding tert-OH is 1. The zero-order chi connectivity index (χ0) is 14.9. The van der Waals surface area contributed by atoms with E-state index in [-0.39, 0.29) is 11.5 Å². The highest BCUT2D eigenvalue weighted by molar-refractivity contribution is 5.79. The number of rotatable bonds is 3. The molecule has 2 rings (SSSR count). The Labute approximate surface area is 120 Å². The van der Waals surface area contributed by atoms with Gasteiger partial charge in [-0.05, 0) is 36.1 Å². The van der Waals surface area contributed by atoms with Gasteiger partial charge in [-0.3, -0.25) is 4.98 Å². The Morgan fingerprint density at radius 1 is 1.15 bits per heavy atom. The number of aryl methyl sites for hydroxylation is 1. The van der Waals surface area contributed by atoms with Crippen LogP contribution in [0.1, 0.15) is 38.1 Å². The van der Waals surface area contributed by atoms with Crippen molar-refractivity contribution < 1.29 is 9.84 Å². The summed E-state index contributed by atoms with van der Waals surface area (Å²) < 4.78 is 5.50. The fourth-order valence-electron chi connectivity index (χ4n) is 2.56. The van der Waals surface area contributed by atoms with Gasteiger partial charge < -0.3 is 9.84 Å². The summed E-state index contributed by atoms with van der Waals surface area (Å²) in [6.07, 6.45) is -0.899. The molecule has 2 unspecified atom stereocenters. The molecule has 1 aromatic carbocycles. The van der Waals surface area contributed by atoms with Crippen molar-refractivity contribution in [3.8, 4) is 0 Å². The second-order valence-corrected chi connectivity index (χ2v) is 6.37. The van der Waals surface area contributed by atoms with E-state index in [1.807, 2.05) is 37.3 Å². The van der Waals surface area contributed by atoms with Crippen LogP contribution in [-0.4, -0.2) is 23.3 Å². The van der Waals surface area contributed by atoms with E-state index in [4.69, 9.17) is 4.74 Å². The monoisotopic (exact) mass is 273 g/mol. The number of ether oxygens (including phenoxy) is 1. The molecule has 3 heteroatoms. The molecule has 0 bridgehead atoms. The molecule has 2 aromatic rings. The summed E-state index contributed by atoms with van der Waals surface area (Å²) in [7, 11) is 1.64. The number of pyridine rings is 1. The van der Waals surface area contributed by atoms with Crippen LogP contribution >= 0.6 is 0 Å². The standard InChI is InChI=1S/C17H23NO2/c1-11-6-7-12-10-13(8-9-14(12)18-11)15(19)16(20-5)17(2,3)4/h6-10,15-16,19H,1-5H3. The van der Waals surface area contributed by atoms with Crippen LogP contribution in [0, 0.1) is 12.3 Å². The van der Waals surface area contributed by atoms with Crippen LogP contribution in [0.2, 0.25) is 0 Å². The van der Waals surface area contributed by atoms with Crippen LogP contribution in [-0.2, 0) is 4.74 Å². The predicted octanol–water partition coefficient (Wildman–Crippen LogP) is 3.64. The molecule has 0 aliphatic heterocycles. The normalized spacial score (nSPS) is 15.3. The molecule has 108 valence electrons. The zero-order valence-corrected chi connectivity index (χ0v) is 12.8. The fraction of sp³-hybridized carbons (Fsp3) is 0.471. The van der Waals surface area contributed by atoms with E-state index in [0.29, 0.717) is 0 Å². The Morgan fingerprint density at radius 3 is 2.45 bits per heavy atom. The lowest BCUT2D eigenvalue weighted by molar-refractivity contribution is -0.0723. The third-order valence-corrected chi connectivity index (χ3v) is 3.59. The van der Waals surface area contributed by atoms with E-state index >= 15 is 0 Å². The predicted molar refractivity (Wildman–Crippen MR) is 81.7 cm³/mol. The van der Waals surface area contributed by atoms with Gasteiger partial charge in [0.1, 0.15) is 6.10 Å². The highest BCUT2D eigenvalue weighted by Gasteiger charge is 2.32. The van der Waals surface area contributed by atoms with Gasteiger partial charge in [-0.1, -0.05) is 32.9 Å². The van der Waals surface area contributed by atoms with Crippen molar-refractivity contribution in [2.24, 2.45) is 5.41 Å². The van der Waals surface area contributed by atoms with Crippen LogP contribution < -0.4 is 0 Å². The highest BCUT2D eigenvalue weighted by atomic mass is 16.5. The van der Waals surface area contributed by atoms with Crippen LogP contribution in [0.15, 0.2) is 30.3 Å². The number of nitrogens with zero attached hydrogens (tertiary/aromatic N) is 1. The summed E-state index contributed by atoms with van der Waals surface area (Å²) in [6, 6.07) is 9.89. The van der Waals surface area contributed by atoms with E-state index < -0.39 is 6.10 Å². The van der Waals surface area contributed by atoms with Crippen LogP contribution in [0.25, 0.3) is 10.9 Å². The number of methoxy groups -OCH3 is 1. The minimum absolute atomic E-state index is 0.130. The summed E-state index contributed by atoms with van der Waals surface area (Å²) in [5.74, 6) is 0. The molecular formula is C17H23NO2. The highest BCUT2D eigenvalue weighted by Crippen LogP contribution is 2.33. The maximum atomic E-state index is 10.6. The topological polar surface area (TPSA) is 42.4 Å². The van der Waals surface area contributed by atoms with Gasteiger partial charge in [-0.25, -0.2) is 0 Å². The van der Waals surface area contributed by atoms with Gasteiger partial charge in [-0.15, -0.1) is 0 Å². The average molecular weight is 273 g/mol. The average Bonchev–Trinajstić information content (AvgIpc) is 2.37. The zero-order valence-electron chi connectivity index (χ0n) is 12.8. The van der Waals surface area contributed by atoms with E-state index in [1.165, 1.54) is 0 Å². The molecule has 20 heavy (non-hydrogen) atoms. The molecule has 0 aliphatic carbocycles. The van der Waals surface area contributed by atoms with Gasteiger partial charge in [-0.2, -0.15) is 0 Å². The first-order valence-electron chi connectivity index (χ1n) is 6.91. The molecule has 3 nitrogen and oxygen atoms in total. The van der Waals surface area contributed by atoms with E-state index in [2.05, 4.69) is 25.8 Å². The Morgan fingerprint density at radius 2 is 1.85 bits per heavy atom. The van der Waals surface area contributed by atoms with Crippen LogP contribution in [0.3, 0.4) is 0 Å². The van der Waals surface area contributed by atoms with Gasteiger partial charge in [0.2, 0.25) is 0 Å². The minimum Gasteiger partial charge on any atom is -0.386 e. The maximum Gasteiger partial charge on any atom is 0.106 e. The van der Waals surface area contributed by atoms with Crippen molar-refractivity contribution >= 4 is 10.9 Å². The van der Waals surface area contributed by atoms with Crippen LogP contribution in [0.5, 0.6) is 0 Å². The summed E-state index contributed by atoms with van der Waals surface area (Å²) in [4.78, 5) is 4.48. The first-order chi connectivity index (χ1) is 9.32. The molecule has 0 amide bonds. The molecule has 1 N–H and O–H groups in total. The number of hydrogen-bond acceptors (Lipinski definition) is 3. The Balaban J connectivity index is 2.39. The number of benzene rings is 1. The lowest BCUT2D eigenvalue weighted by atomic mass is 9.83. The van der Waals surface area contributed by atoms with Crippen LogP contribution in [0.4, 0.5) is 0 Å². The summed E-state index contributed by atoms with van der Waals surface area (Å²) in [5, 5.41) is 11.6. The molecule has 1 aromatic heterocycles. The lowest BCUT2D eigenvalue weighted by Crippen LogP contribution is -2.34. The van der Waals surface area contributed by atoms with Gasteiger partial charge in [0.25, 0.3) is 0 Å². The Hall–Kier alpha value is -1.45. The van der Waals surface area contributed by atoms with Gasteiger partial charge in [0, 0.05) is 18.2 Å². The Kier molecular flexibility index (Phi) is 4.11.